The molecule has 28 heavy (non-hydrogen) atoms. The first-order valence-electron chi connectivity index (χ1n) is 10.00. The molecule has 2 fully saturated rings. The van der Waals surface area contributed by atoms with E-state index in [-0.39, 0.29) is 40.0 Å². The highest BCUT2D eigenvalue weighted by molar-refractivity contribution is 6.06. The maximum absolute atomic E-state index is 13.1. The number of rotatable bonds is 2. The minimum absolute atomic E-state index is 0.144. The quantitative estimate of drug-likeness (QED) is 0.784. The summed E-state index contributed by atoms with van der Waals surface area (Å²) >= 11 is 0. The number of hydrogen-bond acceptors (Lipinski definition) is 5. The van der Waals surface area contributed by atoms with Crippen molar-refractivity contribution < 1.29 is 14.0 Å². The maximum Gasteiger partial charge on any atom is 0.265 e. The lowest BCUT2D eigenvalue weighted by molar-refractivity contribution is -0.138. The summed E-state index contributed by atoms with van der Waals surface area (Å²) in [6.45, 7) is 3.67. The van der Waals surface area contributed by atoms with E-state index in [1.165, 1.54) is 17.3 Å². The van der Waals surface area contributed by atoms with Crippen molar-refractivity contribution in [3.05, 3.63) is 28.0 Å². The second-order valence-electron chi connectivity index (χ2n) is 7.83. The van der Waals surface area contributed by atoms with E-state index in [4.69, 9.17) is 4.42 Å². The van der Waals surface area contributed by atoms with E-state index < -0.39 is 0 Å². The van der Waals surface area contributed by atoms with E-state index in [1.807, 2.05) is 4.90 Å². The molecule has 1 aliphatic carbocycles. The minimum atomic E-state index is -0.295. The van der Waals surface area contributed by atoms with Gasteiger partial charge in [0.25, 0.3) is 11.5 Å². The van der Waals surface area contributed by atoms with Crippen LogP contribution in [0.2, 0.25) is 0 Å². The first-order chi connectivity index (χ1) is 13.5. The monoisotopic (exact) mass is 386 g/mol. The van der Waals surface area contributed by atoms with Gasteiger partial charge in [0.2, 0.25) is 11.6 Å². The van der Waals surface area contributed by atoms with Crippen molar-refractivity contribution >= 4 is 22.9 Å². The third-order valence-corrected chi connectivity index (χ3v) is 5.99. The molecule has 0 unspecified atom stereocenters. The number of hydrogen-bond donors (Lipinski definition) is 0. The molecule has 2 aromatic heterocycles. The summed E-state index contributed by atoms with van der Waals surface area (Å²) in [5.74, 6) is 0.544. The fourth-order valence-electron chi connectivity index (χ4n) is 4.34. The van der Waals surface area contributed by atoms with Crippen molar-refractivity contribution in [3.63, 3.8) is 0 Å². The number of carbonyl (C=O) groups excluding carboxylic acids is 2. The van der Waals surface area contributed by atoms with Gasteiger partial charge in [-0.1, -0.05) is 19.3 Å². The van der Waals surface area contributed by atoms with Crippen LogP contribution in [0.15, 0.2) is 15.5 Å². The maximum atomic E-state index is 13.1. The molecular weight excluding hydrogens is 360 g/mol. The molecule has 2 aliphatic rings. The number of aromatic nitrogens is 2. The summed E-state index contributed by atoms with van der Waals surface area (Å²) in [4.78, 5) is 46.1. The summed E-state index contributed by atoms with van der Waals surface area (Å²) in [6.07, 6.45) is 6.83. The van der Waals surface area contributed by atoms with Gasteiger partial charge in [-0.3, -0.25) is 14.4 Å². The molecule has 8 nitrogen and oxygen atoms in total. The second-order valence-corrected chi connectivity index (χ2v) is 7.83. The van der Waals surface area contributed by atoms with E-state index in [2.05, 4.69) is 4.98 Å². The highest BCUT2D eigenvalue weighted by Crippen LogP contribution is 2.27. The van der Waals surface area contributed by atoms with Gasteiger partial charge < -0.3 is 18.8 Å². The highest BCUT2D eigenvalue weighted by atomic mass is 16.3. The third-order valence-electron chi connectivity index (χ3n) is 5.99. The smallest absolute Gasteiger partial charge is 0.265 e. The van der Waals surface area contributed by atoms with E-state index >= 15 is 0 Å². The zero-order valence-corrected chi connectivity index (χ0v) is 16.4. The molecule has 0 atom stereocenters. The molecule has 1 aliphatic heterocycles. The Balaban J connectivity index is 1.50. The van der Waals surface area contributed by atoms with Gasteiger partial charge in [0.15, 0.2) is 0 Å². The number of carbonyl (C=O) groups is 2. The van der Waals surface area contributed by atoms with E-state index in [0.29, 0.717) is 31.9 Å². The van der Waals surface area contributed by atoms with Crippen LogP contribution in [-0.4, -0.2) is 57.3 Å². The van der Waals surface area contributed by atoms with E-state index in [9.17, 15) is 14.4 Å². The van der Waals surface area contributed by atoms with Crippen LogP contribution in [0.4, 0.5) is 0 Å². The number of fused-ring (bicyclic) bond motifs is 1. The fourth-order valence-corrected chi connectivity index (χ4v) is 4.34. The molecule has 0 bridgehead atoms. The molecule has 0 N–H and O–H groups in total. The molecule has 8 heteroatoms. The van der Waals surface area contributed by atoms with Crippen LogP contribution in [-0.2, 0) is 11.8 Å². The number of amides is 2. The minimum Gasteiger partial charge on any atom is -0.442 e. The Kier molecular flexibility index (Phi) is 4.95. The van der Waals surface area contributed by atoms with Crippen molar-refractivity contribution in [1.82, 2.24) is 19.4 Å². The van der Waals surface area contributed by atoms with Crippen molar-refractivity contribution in [2.75, 3.05) is 26.2 Å². The summed E-state index contributed by atoms with van der Waals surface area (Å²) in [6, 6.07) is 0. The van der Waals surface area contributed by atoms with Crippen LogP contribution < -0.4 is 5.56 Å². The Bertz CT molecular complexity index is 962. The predicted octanol–water partition coefficient (Wildman–Crippen LogP) is 1.70. The highest BCUT2D eigenvalue weighted by Gasteiger charge is 2.32. The van der Waals surface area contributed by atoms with Gasteiger partial charge >= 0.3 is 0 Å². The van der Waals surface area contributed by atoms with Gasteiger partial charge in [0.05, 0.1) is 5.56 Å². The number of furan rings is 1. The Hall–Kier alpha value is -2.64. The molecule has 1 saturated carbocycles. The molecule has 150 valence electrons. The second kappa shape index (κ2) is 7.41. The van der Waals surface area contributed by atoms with Gasteiger partial charge in [-0.25, -0.2) is 4.98 Å². The third kappa shape index (κ3) is 3.21. The summed E-state index contributed by atoms with van der Waals surface area (Å²) in [5.41, 5.74) is 0.183. The van der Waals surface area contributed by atoms with Crippen LogP contribution in [0.25, 0.3) is 11.1 Å². The summed E-state index contributed by atoms with van der Waals surface area (Å²) in [7, 11) is 1.60. The van der Waals surface area contributed by atoms with Gasteiger partial charge in [0.1, 0.15) is 17.5 Å². The molecule has 3 heterocycles. The Morgan fingerprint density at radius 1 is 1.07 bits per heavy atom. The molecule has 0 spiro atoms. The standard InChI is InChI=1S/C20H26N4O4/c1-13-15(16-17(28-13)21-12-22(2)19(16)26)20(27)24-10-8-23(9-11-24)18(25)14-6-4-3-5-7-14/h12,14H,3-11H2,1-2H3. The van der Waals surface area contributed by atoms with Crippen LogP contribution in [0.1, 0.15) is 48.2 Å². The Labute approximate surface area is 163 Å². The number of aryl methyl sites for hydroxylation is 2. The molecule has 0 aromatic carbocycles. The van der Waals surface area contributed by atoms with Crippen LogP contribution in [0.3, 0.4) is 0 Å². The van der Waals surface area contributed by atoms with Gasteiger partial charge in [-0.15, -0.1) is 0 Å². The average molecular weight is 386 g/mol. The topological polar surface area (TPSA) is 88.6 Å². The normalized spacial score (nSPS) is 18.6. The molecule has 4 rings (SSSR count). The summed E-state index contributed by atoms with van der Waals surface area (Å²) in [5, 5.41) is 0.230. The first kappa shape index (κ1) is 18.7. The Morgan fingerprint density at radius 3 is 2.39 bits per heavy atom. The molecule has 2 amide bonds. The molecule has 1 saturated heterocycles. The largest absolute Gasteiger partial charge is 0.442 e. The van der Waals surface area contributed by atoms with Crippen molar-refractivity contribution in [2.45, 2.75) is 39.0 Å². The SMILES string of the molecule is Cc1oc2ncn(C)c(=O)c2c1C(=O)N1CCN(C(=O)C2CCCCC2)CC1. The van der Waals surface area contributed by atoms with E-state index in [0.717, 1.165) is 25.7 Å². The molecule has 0 radical (unpaired) electrons. The number of piperazine rings is 1. The molecule has 2 aromatic rings. The first-order valence-corrected chi connectivity index (χ1v) is 10.00. The van der Waals surface area contributed by atoms with Gasteiger partial charge in [0, 0.05) is 39.1 Å². The van der Waals surface area contributed by atoms with Crippen molar-refractivity contribution in [2.24, 2.45) is 13.0 Å². The zero-order valence-electron chi connectivity index (χ0n) is 16.4. The summed E-state index contributed by atoms with van der Waals surface area (Å²) < 4.78 is 6.89. The number of nitrogens with zero attached hydrogens (tertiary/aromatic N) is 4. The van der Waals surface area contributed by atoms with Gasteiger partial charge in [-0.2, -0.15) is 0 Å². The predicted molar refractivity (Wildman–Crippen MR) is 103 cm³/mol. The lowest BCUT2D eigenvalue weighted by atomic mass is 9.88. The lowest BCUT2D eigenvalue weighted by Crippen LogP contribution is -2.52. The zero-order chi connectivity index (χ0) is 19.8. The van der Waals surface area contributed by atoms with E-state index in [1.54, 1.807) is 18.9 Å². The Morgan fingerprint density at radius 2 is 1.71 bits per heavy atom. The average Bonchev–Trinajstić information content (AvgIpc) is 3.07. The van der Waals surface area contributed by atoms with Crippen molar-refractivity contribution in [1.29, 1.82) is 0 Å². The van der Waals surface area contributed by atoms with Crippen LogP contribution in [0, 0.1) is 12.8 Å². The van der Waals surface area contributed by atoms with Gasteiger partial charge in [-0.05, 0) is 19.8 Å². The lowest BCUT2D eigenvalue weighted by Gasteiger charge is -2.37. The fraction of sp³-hybridized carbons (Fsp3) is 0.600. The van der Waals surface area contributed by atoms with Crippen LogP contribution >= 0.6 is 0 Å². The van der Waals surface area contributed by atoms with Crippen LogP contribution in [0.5, 0.6) is 0 Å². The molecular formula is C20H26N4O4. The van der Waals surface area contributed by atoms with Crippen molar-refractivity contribution in [3.8, 4) is 0 Å².